The largest absolute Gasteiger partial charge is 0.481 e. The number of aryl methyl sites for hydroxylation is 1. The Hall–Kier alpha value is -0.870. The van der Waals surface area contributed by atoms with E-state index in [0.717, 1.165) is 19.4 Å². The van der Waals surface area contributed by atoms with Crippen molar-refractivity contribution in [1.82, 2.24) is 4.90 Å². The van der Waals surface area contributed by atoms with Crippen molar-refractivity contribution in [3.8, 4) is 0 Å². The number of carbonyl (C=O) groups is 1. The molecular weight excluding hydrogens is 234 g/mol. The van der Waals surface area contributed by atoms with Crippen LogP contribution in [0.1, 0.15) is 36.2 Å². The molecule has 1 aromatic rings. The zero-order valence-electron chi connectivity index (χ0n) is 10.3. The minimum atomic E-state index is -0.648. The zero-order valence-corrected chi connectivity index (χ0v) is 11.2. The van der Waals surface area contributed by atoms with Crippen LogP contribution in [-0.2, 0) is 4.79 Å². The predicted octanol–water partition coefficient (Wildman–Crippen LogP) is 2.91. The van der Waals surface area contributed by atoms with Gasteiger partial charge in [-0.2, -0.15) is 0 Å². The van der Waals surface area contributed by atoms with Crippen molar-refractivity contribution in [2.75, 3.05) is 13.1 Å². The summed E-state index contributed by atoms with van der Waals surface area (Å²) in [5, 5.41) is 11.2. The summed E-state index contributed by atoms with van der Waals surface area (Å²) in [4.78, 5) is 14.7. The van der Waals surface area contributed by atoms with Gasteiger partial charge in [0.05, 0.1) is 5.92 Å². The summed E-state index contributed by atoms with van der Waals surface area (Å²) in [7, 11) is 0. The lowest BCUT2D eigenvalue weighted by Crippen LogP contribution is -2.39. The maximum Gasteiger partial charge on any atom is 0.307 e. The molecule has 2 rings (SSSR count). The number of hydrogen-bond donors (Lipinski definition) is 1. The van der Waals surface area contributed by atoms with Crippen LogP contribution in [0.4, 0.5) is 0 Å². The highest BCUT2D eigenvalue weighted by Crippen LogP contribution is 2.31. The highest BCUT2D eigenvalue weighted by Gasteiger charge is 2.29. The Balaban J connectivity index is 2.07. The molecule has 1 aliphatic rings. The van der Waals surface area contributed by atoms with Gasteiger partial charge in [-0.15, -0.1) is 11.3 Å². The molecule has 94 valence electrons. The summed E-state index contributed by atoms with van der Waals surface area (Å²) in [5.41, 5.74) is 1.32. The summed E-state index contributed by atoms with van der Waals surface area (Å²) in [6.07, 6.45) is 1.81. The van der Waals surface area contributed by atoms with Crippen molar-refractivity contribution in [1.29, 1.82) is 0 Å². The lowest BCUT2D eigenvalue weighted by Gasteiger charge is -2.35. The topological polar surface area (TPSA) is 40.5 Å². The first kappa shape index (κ1) is 12.6. The number of hydrogen-bond acceptors (Lipinski definition) is 3. The maximum atomic E-state index is 11.1. The normalized spacial score (nSPS) is 23.5. The number of thiophene rings is 1. The summed E-state index contributed by atoms with van der Waals surface area (Å²) in [5.74, 6) is -0.837. The van der Waals surface area contributed by atoms with Crippen molar-refractivity contribution in [3.63, 3.8) is 0 Å². The van der Waals surface area contributed by atoms with E-state index < -0.39 is 5.97 Å². The monoisotopic (exact) mass is 253 g/mol. The number of nitrogens with zero attached hydrogens (tertiary/aromatic N) is 1. The Morgan fingerprint density at radius 3 is 3.00 bits per heavy atom. The van der Waals surface area contributed by atoms with Crippen molar-refractivity contribution in [2.24, 2.45) is 5.92 Å². The quantitative estimate of drug-likeness (QED) is 0.900. The van der Waals surface area contributed by atoms with Gasteiger partial charge < -0.3 is 5.11 Å². The number of carboxylic acids is 1. The Morgan fingerprint density at radius 2 is 2.41 bits per heavy atom. The average molecular weight is 253 g/mol. The molecule has 1 N–H and O–H groups in total. The van der Waals surface area contributed by atoms with Gasteiger partial charge in [0.15, 0.2) is 0 Å². The minimum Gasteiger partial charge on any atom is -0.481 e. The van der Waals surface area contributed by atoms with E-state index in [4.69, 9.17) is 5.11 Å². The third-order valence-corrected chi connectivity index (χ3v) is 4.82. The standard InChI is InChI=1S/C13H19NO2S/c1-9-5-7-17-12(9)10(2)14-6-3-4-11(8-14)13(15)16/h5,7,10-11H,3-4,6,8H2,1-2H3,(H,15,16). The zero-order chi connectivity index (χ0) is 12.4. The average Bonchev–Trinajstić information content (AvgIpc) is 2.74. The molecule has 1 aliphatic heterocycles. The molecule has 0 radical (unpaired) electrons. The van der Waals surface area contributed by atoms with E-state index in [0.29, 0.717) is 12.6 Å². The van der Waals surface area contributed by atoms with Crippen LogP contribution in [-0.4, -0.2) is 29.1 Å². The van der Waals surface area contributed by atoms with Gasteiger partial charge in [0.1, 0.15) is 0 Å². The molecule has 3 nitrogen and oxygen atoms in total. The van der Waals surface area contributed by atoms with Crippen LogP contribution in [0, 0.1) is 12.8 Å². The molecule has 17 heavy (non-hydrogen) atoms. The number of likely N-dealkylation sites (tertiary alicyclic amines) is 1. The van der Waals surface area contributed by atoms with Crippen molar-refractivity contribution in [3.05, 3.63) is 21.9 Å². The van der Waals surface area contributed by atoms with Gasteiger partial charge in [0.25, 0.3) is 0 Å². The van der Waals surface area contributed by atoms with E-state index in [9.17, 15) is 4.79 Å². The number of aliphatic carboxylic acids is 1. The molecule has 0 aromatic carbocycles. The maximum absolute atomic E-state index is 11.1. The van der Waals surface area contributed by atoms with Crippen LogP contribution >= 0.6 is 11.3 Å². The lowest BCUT2D eigenvalue weighted by atomic mass is 9.96. The summed E-state index contributed by atoms with van der Waals surface area (Å²) in [6.45, 7) is 6.01. The van der Waals surface area contributed by atoms with Gasteiger partial charge in [-0.3, -0.25) is 9.69 Å². The molecule has 1 fully saturated rings. The summed E-state index contributed by atoms with van der Waals surface area (Å²) >= 11 is 1.77. The third-order valence-electron chi connectivity index (χ3n) is 3.63. The first-order valence-corrected chi connectivity index (χ1v) is 6.98. The molecule has 0 aliphatic carbocycles. The number of carboxylic acid groups (broad SMARTS) is 1. The molecule has 2 unspecified atom stereocenters. The van der Waals surface area contributed by atoms with Crippen molar-refractivity contribution >= 4 is 17.3 Å². The Labute approximate surface area is 106 Å². The first-order chi connectivity index (χ1) is 8.09. The molecule has 0 saturated carbocycles. The smallest absolute Gasteiger partial charge is 0.307 e. The van der Waals surface area contributed by atoms with Gasteiger partial charge >= 0.3 is 5.97 Å². The molecule has 2 atom stereocenters. The fourth-order valence-electron chi connectivity index (χ4n) is 2.54. The number of rotatable bonds is 3. The van der Waals surface area contributed by atoms with Crippen LogP contribution < -0.4 is 0 Å². The molecule has 0 spiro atoms. The van der Waals surface area contributed by atoms with E-state index in [1.54, 1.807) is 11.3 Å². The SMILES string of the molecule is Cc1ccsc1C(C)N1CCCC(C(=O)O)C1. The van der Waals surface area contributed by atoms with Gasteiger partial charge in [-0.05, 0) is 50.2 Å². The van der Waals surface area contributed by atoms with Gasteiger partial charge in [0.2, 0.25) is 0 Å². The molecular formula is C13H19NO2S. The Morgan fingerprint density at radius 1 is 1.65 bits per heavy atom. The Bertz CT molecular complexity index is 402. The van der Waals surface area contributed by atoms with E-state index in [1.807, 2.05) is 0 Å². The van der Waals surface area contributed by atoms with Crippen molar-refractivity contribution < 1.29 is 9.90 Å². The molecule has 0 bridgehead atoms. The summed E-state index contributed by atoms with van der Waals surface area (Å²) in [6, 6.07) is 2.48. The fraction of sp³-hybridized carbons (Fsp3) is 0.615. The lowest BCUT2D eigenvalue weighted by molar-refractivity contribution is -0.143. The highest BCUT2D eigenvalue weighted by molar-refractivity contribution is 7.10. The van der Waals surface area contributed by atoms with Crippen molar-refractivity contribution in [2.45, 2.75) is 32.7 Å². The molecule has 2 heterocycles. The van der Waals surface area contributed by atoms with Crippen LogP contribution in [0.3, 0.4) is 0 Å². The second kappa shape index (κ2) is 5.19. The minimum absolute atomic E-state index is 0.188. The van der Waals surface area contributed by atoms with Gasteiger partial charge in [-0.25, -0.2) is 0 Å². The molecule has 1 aromatic heterocycles. The van der Waals surface area contributed by atoms with Crippen LogP contribution in [0.25, 0.3) is 0 Å². The number of piperidine rings is 1. The van der Waals surface area contributed by atoms with E-state index in [-0.39, 0.29) is 5.92 Å². The fourth-order valence-corrected chi connectivity index (χ4v) is 3.56. The van der Waals surface area contributed by atoms with E-state index >= 15 is 0 Å². The van der Waals surface area contributed by atoms with Gasteiger partial charge in [0, 0.05) is 17.5 Å². The van der Waals surface area contributed by atoms with E-state index in [2.05, 4.69) is 30.2 Å². The second-order valence-corrected chi connectivity index (χ2v) is 5.76. The van der Waals surface area contributed by atoms with Gasteiger partial charge in [-0.1, -0.05) is 0 Å². The van der Waals surface area contributed by atoms with Crippen LogP contribution in [0.15, 0.2) is 11.4 Å². The van der Waals surface area contributed by atoms with Crippen LogP contribution in [0.2, 0.25) is 0 Å². The Kier molecular flexibility index (Phi) is 3.84. The molecule has 0 amide bonds. The predicted molar refractivity (Wildman–Crippen MR) is 69.4 cm³/mol. The summed E-state index contributed by atoms with van der Waals surface area (Å²) < 4.78 is 0. The van der Waals surface area contributed by atoms with E-state index in [1.165, 1.54) is 10.4 Å². The second-order valence-electron chi connectivity index (χ2n) is 4.82. The highest BCUT2D eigenvalue weighted by atomic mass is 32.1. The van der Waals surface area contributed by atoms with Crippen LogP contribution in [0.5, 0.6) is 0 Å². The molecule has 4 heteroatoms. The first-order valence-electron chi connectivity index (χ1n) is 6.10. The molecule has 1 saturated heterocycles. The third kappa shape index (κ3) is 2.69.